The van der Waals surface area contributed by atoms with Gasteiger partial charge in [0.2, 0.25) is 5.91 Å². The molecule has 2 aromatic rings. The molecule has 1 aromatic carbocycles. The highest BCUT2D eigenvalue weighted by molar-refractivity contribution is 7.14. The predicted molar refractivity (Wildman–Crippen MR) is 131 cm³/mol. The maximum atomic E-state index is 12.8. The Labute approximate surface area is 212 Å². The highest BCUT2D eigenvalue weighted by Gasteiger charge is 2.37. The Morgan fingerprint density at radius 3 is 2.53 bits per heavy atom. The summed E-state index contributed by atoms with van der Waals surface area (Å²) in [4.78, 5) is 31.1. The first kappa shape index (κ1) is 26.4. The number of nitrogens with one attached hydrogen (secondary N) is 2. The summed E-state index contributed by atoms with van der Waals surface area (Å²) in [5, 5.41) is 6.10. The summed E-state index contributed by atoms with van der Waals surface area (Å²) in [5.41, 5.74) is 0.245. The Morgan fingerprint density at radius 2 is 1.86 bits per heavy atom. The number of nitrogens with zero attached hydrogens (tertiary/aromatic N) is 2. The van der Waals surface area contributed by atoms with E-state index in [0.717, 1.165) is 30.8 Å². The lowest BCUT2D eigenvalue weighted by Crippen LogP contribution is -2.54. The molecule has 0 aliphatic carbocycles. The number of hydrogen-bond acceptors (Lipinski definition) is 6. The van der Waals surface area contributed by atoms with E-state index in [-0.39, 0.29) is 41.3 Å². The summed E-state index contributed by atoms with van der Waals surface area (Å²) < 4.78 is 41.9. The zero-order chi connectivity index (χ0) is 25.9. The number of carbonyl (C=O) groups is 2. The molecule has 4 rings (SSSR count). The van der Waals surface area contributed by atoms with Gasteiger partial charge < -0.3 is 20.3 Å². The molecule has 0 bridgehead atoms. The van der Waals surface area contributed by atoms with Crippen LogP contribution >= 0.6 is 11.3 Å². The fraction of sp³-hybridized carbons (Fsp3) is 0.520. The number of carbonyl (C=O) groups excluding carboxylic acids is 2. The second-order valence-electron chi connectivity index (χ2n) is 9.83. The Hall–Kier alpha value is -2.63. The van der Waals surface area contributed by atoms with Gasteiger partial charge in [0, 0.05) is 55.2 Å². The van der Waals surface area contributed by atoms with Gasteiger partial charge in [0.1, 0.15) is 5.75 Å². The van der Waals surface area contributed by atoms with Crippen molar-refractivity contribution in [2.75, 3.05) is 26.2 Å². The Bertz CT molecular complexity index is 1080. The Balaban J connectivity index is 1.25. The van der Waals surface area contributed by atoms with Gasteiger partial charge in [0.05, 0.1) is 10.9 Å². The van der Waals surface area contributed by atoms with Crippen LogP contribution in [0.5, 0.6) is 5.75 Å². The fourth-order valence-electron chi connectivity index (χ4n) is 4.60. The number of hydrogen-bond donors (Lipinski definition) is 2. The molecule has 0 saturated carbocycles. The van der Waals surface area contributed by atoms with Crippen LogP contribution in [0, 0.1) is 0 Å². The van der Waals surface area contributed by atoms with Gasteiger partial charge in [-0.05, 0) is 44.9 Å². The Kier molecular flexibility index (Phi) is 7.91. The molecular formula is C25H31F3N4O3S. The quantitative estimate of drug-likeness (QED) is 0.577. The number of piperazine rings is 1. The number of amides is 2. The molecular weight excluding hydrogens is 493 g/mol. The van der Waals surface area contributed by atoms with Gasteiger partial charge in [-0.25, -0.2) is 0 Å². The number of thiophene rings is 1. The van der Waals surface area contributed by atoms with Gasteiger partial charge in [0.15, 0.2) is 0 Å². The van der Waals surface area contributed by atoms with Crippen molar-refractivity contribution in [3.63, 3.8) is 0 Å². The molecule has 7 nitrogen and oxygen atoms in total. The third kappa shape index (κ3) is 6.98. The first-order valence-electron chi connectivity index (χ1n) is 12.0. The van der Waals surface area contributed by atoms with Crippen LogP contribution in [0.2, 0.25) is 0 Å². The SMILES string of the molecule is CC1(C)CC[C@@H](C(=O)N2CCN(Cc3ccc(C(=O)NCc4ccccc4OC(F)(F)F)s3)CC2)N1. The summed E-state index contributed by atoms with van der Waals surface area (Å²) in [7, 11) is 0. The van der Waals surface area contributed by atoms with Crippen molar-refractivity contribution in [2.45, 2.75) is 57.7 Å². The third-order valence-corrected chi connectivity index (χ3v) is 7.58. The van der Waals surface area contributed by atoms with Crippen LogP contribution in [-0.4, -0.2) is 65.7 Å². The Morgan fingerprint density at radius 1 is 1.14 bits per heavy atom. The van der Waals surface area contributed by atoms with Crippen LogP contribution in [0.4, 0.5) is 13.2 Å². The molecule has 2 fully saturated rings. The first-order chi connectivity index (χ1) is 17.0. The third-order valence-electron chi connectivity index (χ3n) is 6.51. The topological polar surface area (TPSA) is 73.9 Å². The van der Waals surface area contributed by atoms with Gasteiger partial charge in [0.25, 0.3) is 5.91 Å². The van der Waals surface area contributed by atoms with Crippen LogP contribution in [0.1, 0.15) is 46.8 Å². The zero-order valence-corrected chi connectivity index (χ0v) is 21.2. The summed E-state index contributed by atoms with van der Waals surface area (Å²) >= 11 is 1.36. The molecule has 36 heavy (non-hydrogen) atoms. The average Bonchev–Trinajstić information content (AvgIpc) is 3.43. The van der Waals surface area contributed by atoms with Crippen LogP contribution in [-0.2, 0) is 17.9 Å². The molecule has 2 N–H and O–H groups in total. The van der Waals surface area contributed by atoms with E-state index in [1.54, 1.807) is 12.1 Å². The lowest BCUT2D eigenvalue weighted by molar-refractivity contribution is -0.274. The number of rotatable bonds is 7. The van der Waals surface area contributed by atoms with Crippen molar-refractivity contribution < 1.29 is 27.5 Å². The number of benzene rings is 1. The molecule has 3 heterocycles. The molecule has 2 saturated heterocycles. The first-order valence-corrected chi connectivity index (χ1v) is 12.8. The molecule has 11 heteroatoms. The van der Waals surface area contributed by atoms with E-state index in [4.69, 9.17) is 0 Å². The van der Waals surface area contributed by atoms with Crippen LogP contribution in [0.3, 0.4) is 0 Å². The largest absolute Gasteiger partial charge is 0.573 e. The van der Waals surface area contributed by atoms with Gasteiger partial charge in [-0.1, -0.05) is 18.2 Å². The van der Waals surface area contributed by atoms with Crippen molar-refractivity contribution in [2.24, 2.45) is 0 Å². The van der Waals surface area contributed by atoms with Crippen LogP contribution in [0.25, 0.3) is 0 Å². The molecule has 0 unspecified atom stereocenters. The highest BCUT2D eigenvalue weighted by Crippen LogP contribution is 2.27. The minimum Gasteiger partial charge on any atom is -0.405 e. The monoisotopic (exact) mass is 524 g/mol. The van der Waals surface area contributed by atoms with E-state index in [2.05, 4.69) is 34.1 Å². The molecule has 0 spiro atoms. The predicted octanol–water partition coefficient (Wildman–Crippen LogP) is 3.75. The van der Waals surface area contributed by atoms with Crippen LogP contribution in [0.15, 0.2) is 36.4 Å². The minimum atomic E-state index is -4.80. The van der Waals surface area contributed by atoms with Crippen molar-refractivity contribution in [3.05, 3.63) is 51.7 Å². The van der Waals surface area contributed by atoms with Gasteiger partial charge in [-0.2, -0.15) is 0 Å². The summed E-state index contributed by atoms with van der Waals surface area (Å²) in [6.45, 7) is 7.71. The van der Waals surface area contributed by atoms with Gasteiger partial charge in [-0.15, -0.1) is 24.5 Å². The van der Waals surface area contributed by atoms with E-state index in [1.807, 2.05) is 11.0 Å². The van der Waals surface area contributed by atoms with E-state index in [9.17, 15) is 22.8 Å². The lowest BCUT2D eigenvalue weighted by atomic mass is 10.0. The van der Waals surface area contributed by atoms with Crippen molar-refractivity contribution >= 4 is 23.2 Å². The second-order valence-corrected chi connectivity index (χ2v) is 11.0. The molecule has 2 aliphatic rings. The number of ether oxygens (including phenoxy) is 1. The molecule has 2 amide bonds. The van der Waals surface area contributed by atoms with E-state index in [0.29, 0.717) is 24.5 Å². The zero-order valence-electron chi connectivity index (χ0n) is 20.4. The summed E-state index contributed by atoms with van der Waals surface area (Å²) in [6.07, 6.45) is -2.94. The van der Waals surface area contributed by atoms with Gasteiger partial charge in [-0.3, -0.25) is 14.5 Å². The minimum absolute atomic E-state index is 0.00550. The number of alkyl halides is 3. The molecule has 1 aromatic heterocycles. The summed E-state index contributed by atoms with van der Waals surface area (Å²) in [6, 6.07) is 9.25. The standard InChI is InChI=1S/C25H31F3N4O3S/c1-24(2)10-9-19(30-24)23(34)32-13-11-31(12-14-32)16-18-7-8-21(36-18)22(33)29-15-17-5-3-4-6-20(17)35-25(26,27)28/h3-8,19,30H,9-16H2,1-2H3,(H,29,33)/t19-/m0/s1. The molecule has 2 aliphatic heterocycles. The molecule has 0 radical (unpaired) electrons. The second kappa shape index (κ2) is 10.8. The van der Waals surface area contributed by atoms with Crippen molar-refractivity contribution in [1.82, 2.24) is 20.4 Å². The summed E-state index contributed by atoms with van der Waals surface area (Å²) in [5.74, 6) is -0.504. The van der Waals surface area contributed by atoms with Crippen molar-refractivity contribution in [1.29, 1.82) is 0 Å². The van der Waals surface area contributed by atoms with Crippen molar-refractivity contribution in [3.8, 4) is 5.75 Å². The average molecular weight is 525 g/mol. The lowest BCUT2D eigenvalue weighted by Gasteiger charge is -2.36. The highest BCUT2D eigenvalue weighted by atomic mass is 32.1. The molecule has 196 valence electrons. The van der Waals surface area contributed by atoms with Crippen LogP contribution < -0.4 is 15.4 Å². The van der Waals surface area contributed by atoms with E-state index < -0.39 is 6.36 Å². The van der Waals surface area contributed by atoms with E-state index >= 15 is 0 Å². The van der Waals surface area contributed by atoms with E-state index in [1.165, 1.54) is 29.5 Å². The maximum Gasteiger partial charge on any atom is 0.573 e. The number of para-hydroxylation sites is 1. The van der Waals surface area contributed by atoms with Gasteiger partial charge >= 0.3 is 6.36 Å². The normalized spacial score (nSPS) is 20.4. The smallest absolute Gasteiger partial charge is 0.405 e. The maximum absolute atomic E-state index is 12.8. The molecule has 1 atom stereocenters. The number of halogens is 3. The fourth-order valence-corrected chi connectivity index (χ4v) is 5.56.